The Morgan fingerprint density at radius 3 is 2.44 bits per heavy atom. The molecule has 3 rings (SSSR count). The number of esters is 1. The average Bonchev–Trinajstić information content (AvgIpc) is 3.03. The summed E-state index contributed by atoms with van der Waals surface area (Å²) in [6.07, 6.45) is 0. The lowest BCUT2D eigenvalue weighted by molar-refractivity contribution is 0.0731. The largest absolute Gasteiger partial charge is 0.454 e. The molecule has 2 aromatic rings. The van der Waals surface area contributed by atoms with Gasteiger partial charge in [-0.2, -0.15) is 5.26 Å². The minimum atomic E-state index is -0.588. The molecular weight excluding hydrogens is 320 g/mol. The van der Waals surface area contributed by atoms with Gasteiger partial charge in [-0.3, -0.25) is 4.90 Å². The van der Waals surface area contributed by atoms with E-state index in [1.807, 2.05) is 19.1 Å². The summed E-state index contributed by atoms with van der Waals surface area (Å²) in [7, 11) is 3.56. The second kappa shape index (κ2) is 6.83. The first-order valence-corrected chi connectivity index (χ1v) is 7.78. The zero-order valence-electron chi connectivity index (χ0n) is 14.3. The number of aryl methyl sites for hydroxylation is 1. The summed E-state index contributed by atoms with van der Waals surface area (Å²) in [6.45, 7) is 2.04. The third-order valence-corrected chi connectivity index (χ3v) is 3.93. The highest BCUT2D eigenvalue weighted by Gasteiger charge is 2.26. The van der Waals surface area contributed by atoms with Crippen molar-refractivity contribution in [2.75, 3.05) is 20.9 Å². The Kier molecular flexibility index (Phi) is 4.59. The number of carbonyl (C=O) groups is 1. The smallest absolute Gasteiger partial charge is 0.343 e. The molecule has 0 fully saturated rings. The van der Waals surface area contributed by atoms with E-state index in [0.717, 1.165) is 5.56 Å². The van der Waals surface area contributed by atoms with Gasteiger partial charge < -0.3 is 14.2 Å². The summed E-state index contributed by atoms with van der Waals surface area (Å²) in [5.74, 6) is 0.823. The molecule has 1 aliphatic rings. The Balaban J connectivity index is 1.98. The van der Waals surface area contributed by atoms with Crippen molar-refractivity contribution >= 4 is 5.97 Å². The molecule has 1 unspecified atom stereocenters. The first-order valence-electron chi connectivity index (χ1n) is 7.78. The van der Waals surface area contributed by atoms with Gasteiger partial charge in [0.05, 0.1) is 11.6 Å². The van der Waals surface area contributed by atoms with Crippen molar-refractivity contribution in [1.29, 1.82) is 5.26 Å². The zero-order chi connectivity index (χ0) is 18.0. The summed E-state index contributed by atoms with van der Waals surface area (Å²) in [5, 5.41) is 9.50. The highest BCUT2D eigenvalue weighted by molar-refractivity contribution is 5.91. The molecule has 0 radical (unpaired) electrons. The number of nitriles is 1. The van der Waals surface area contributed by atoms with Gasteiger partial charge in [-0.15, -0.1) is 0 Å². The standard InChI is InChI=1S/C19H18N2O4/c1-12-4-6-13(7-5-12)19(22)25-16-9-18-17(23-11-24-18)8-14(16)15(10-20)21(2)3/h4-9,15H,11H2,1-3H3. The normalized spacial score (nSPS) is 13.4. The molecule has 0 aliphatic carbocycles. The fourth-order valence-electron chi connectivity index (χ4n) is 2.55. The molecule has 1 heterocycles. The van der Waals surface area contributed by atoms with E-state index in [1.54, 1.807) is 43.3 Å². The van der Waals surface area contributed by atoms with Crippen LogP contribution in [0.4, 0.5) is 0 Å². The molecule has 0 N–H and O–H groups in total. The summed E-state index contributed by atoms with van der Waals surface area (Å²) < 4.78 is 16.3. The Hall–Kier alpha value is -3.04. The van der Waals surface area contributed by atoms with Crippen LogP contribution in [0.2, 0.25) is 0 Å². The fourth-order valence-corrected chi connectivity index (χ4v) is 2.55. The monoisotopic (exact) mass is 338 g/mol. The van der Waals surface area contributed by atoms with E-state index in [0.29, 0.717) is 22.6 Å². The second-order valence-corrected chi connectivity index (χ2v) is 5.99. The van der Waals surface area contributed by atoms with E-state index in [1.165, 1.54) is 0 Å². The highest BCUT2D eigenvalue weighted by Crippen LogP contribution is 2.41. The Labute approximate surface area is 146 Å². The summed E-state index contributed by atoms with van der Waals surface area (Å²) in [6, 6.07) is 12.0. The van der Waals surface area contributed by atoms with E-state index >= 15 is 0 Å². The van der Waals surface area contributed by atoms with Gasteiger partial charge in [-0.1, -0.05) is 17.7 Å². The third kappa shape index (κ3) is 3.42. The molecule has 0 spiro atoms. The molecule has 25 heavy (non-hydrogen) atoms. The van der Waals surface area contributed by atoms with E-state index in [4.69, 9.17) is 14.2 Å². The van der Waals surface area contributed by atoms with Crippen LogP contribution in [-0.4, -0.2) is 31.8 Å². The third-order valence-electron chi connectivity index (χ3n) is 3.93. The molecule has 1 aliphatic heterocycles. The molecule has 0 bridgehead atoms. The lowest BCUT2D eigenvalue weighted by atomic mass is 10.0. The molecule has 0 aromatic heterocycles. The second-order valence-electron chi connectivity index (χ2n) is 5.99. The van der Waals surface area contributed by atoms with Crippen molar-refractivity contribution in [2.45, 2.75) is 13.0 Å². The number of rotatable bonds is 4. The van der Waals surface area contributed by atoms with Gasteiger partial charge in [-0.25, -0.2) is 4.79 Å². The van der Waals surface area contributed by atoms with Crippen molar-refractivity contribution in [3.05, 3.63) is 53.1 Å². The minimum absolute atomic E-state index is 0.101. The summed E-state index contributed by atoms with van der Waals surface area (Å²) in [5.41, 5.74) is 2.04. The maximum Gasteiger partial charge on any atom is 0.343 e. The molecule has 128 valence electrons. The van der Waals surface area contributed by atoms with Crippen molar-refractivity contribution < 1.29 is 19.0 Å². The number of benzene rings is 2. The van der Waals surface area contributed by atoms with Gasteiger partial charge in [0.15, 0.2) is 11.5 Å². The number of hydrogen-bond donors (Lipinski definition) is 0. The van der Waals surface area contributed by atoms with Crippen LogP contribution in [0.3, 0.4) is 0 Å². The van der Waals surface area contributed by atoms with Gasteiger partial charge in [0.2, 0.25) is 6.79 Å². The van der Waals surface area contributed by atoms with Gasteiger partial charge in [0, 0.05) is 11.6 Å². The molecule has 0 saturated heterocycles. The molecule has 0 saturated carbocycles. The van der Waals surface area contributed by atoms with E-state index in [-0.39, 0.29) is 12.5 Å². The minimum Gasteiger partial charge on any atom is -0.454 e. The predicted octanol–water partition coefficient (Wildman–Crippen LogP) is 3.07. The first kappa shape index (κ1) is 16.8. The first-order chi connectivity index (χ1) is 12.0. The maximum atomic E-state index is 12.5. The Bertz CT molecular complexity index is 838. The molecule has 6 heteroatoms. The lowest BCUT2D eigenvalue weighted by Gasteiger charge is -2.20. The summed E-state index contributed by atoms with van der Waals surface area (Å²) >= 11 is 0. The van der Waals surface area contributed by atoms with Crippen LogP contribution in [0, 0.1) is 18.3 Å². The zero-order valence-corrected chi connectivity index (χ0v) is 14.3. The molecule has 1 atom stereocenters. The number of carbonyl (C=O) groups excluding carboxylic acids is 1. The number of hydrogen-bond acceptors (Lipinski definition) is 6. The van der Waals surface area contributed by atoms with Gasteiger partial charge >= 0.3 is 5.97 Å². The van der Waals surface area contributed by atoms with E-state index in [2.05, 4.69) is 6.07 Å². The van der Waals surface area contributed by atoms with E-state index in [9.17, 15) is 10.1 Å². The molecule has 0 amide bonds. The molecule has 6 nitrogen and oxygen atoms in total. The van der Waals surface area contributed by atoms with Crippen molar-refractivity contribution in [2.24, 2.45) is 0 Å². The van der Waals surface area contributed by atoms with Crippen LogP contribution >= 0.6 is 0 Å². The molecule has 2 aromatic carbocycles. The fraction of sp³-hybridized carbons (Fsp3) is 0.263. The number of fused-ring (bicyclic) bond motifs is 1. The molecular formula is C19H18N2O4. The van der Waals surface area contributed by atoms with Crippen LogP contribution in [-0.2, 0) is 0 Å². The quantitative estimate of drug-likeness (QED) is 0.630. The van der Waals surface area contributed by atoms with E-state index < -0.39 is 12.0 Å². The van der Waals surface area contributed by atoms with Crippen LogP contribution in [0.25, 0.3) is 0 Å². The average molecular weight is 338 g/mol. The van der Waals surface area contributed by atoms with Gasteiger partial charge in [0.1, 0.15) is 11.8 Å². The van der Waals surface area contributed by atoms with Crippen LogP contribution in [0.1, 0.15) is 27.5 Å². The van der Waals surface area contributed by atoms with Crippen molar-refractivity contribution in [1.82, 2.24) is 4.90 Å². The number of ether oxygens (including phenoxy) is 3. The summed E-state index contributed by atoms with van der Waals surface area (Å²) in [4.78, 5) is 14.2. The van der Waals surface area contributed by atoms with Crippen molar-refractivity contribution in [3.8, 4) is 23.3 Å². The predicted molar refractivity (Wildman–Crippen MR) is 90.7 cm³/mol. The van der Waals surface area contributed by atoms with Gasteiger partial charge in [0.25, 0.3) is 0 Å². The maximum absolute atomic E-state index is 12.5. The topological polar surface area (TPSA) is 71.8 Å². The number of nitrogens with zero attached hydrogens (tertiary/aromatic N) is 2. The lowest BCUT2D eigenvalue weighted by Crippen LogP contribution is -2.20. The highest BCUT2D eigenvalue weighted by atomic mass is 16.7. The Morgan fingerprint density at radius 2 is 1.84 bits per heavy atom. The van der Waals surface area contributed by atoms with Crippen LogP contribution in [0.5, 0.6) is 17.2 Å². The van der Waals surface area contributed by atoms with Gasteiger partial charge in [-0.05, 0) is 39.2 Å². The van der Waals surface area contributed by atoms with Crippen molar-refractivity contribution in [3.63, 3.8) is 0 Å². The van der Waals surface area contributed by atoms with Crippen LogP contribution < -0.4 is 14.2 Å². The van der Waals surface area contributed by atoms with Crippen LogP contribution in [0.15, 0.2) is 36.4 Å². The Morgan fingerprint density at radius 1 is 1.20 bits per heavy atom. The SMILES string of the molecule is Cc1ccc(C(=O)Oc2cc3c(cc2C(C#N)N(C)C)OCO3)cc1.